The first-order valence-electron chi connectivity index (χ1n) is 10.8. The molecule has 0 aliphatic carbocycles. The van der Waals surface area contributed by atoms with Crippen LogP contribution in [-0.4, -0.2) is 56.9 Å². The number of benzene rings is 2. The Balaban J connectivity index is 1.32. The van der Waals surface area contributed by atoms with Crippen LogP contribution in [0.2, 0.25) is 0 Å². The van der Waals surface area contributed by atoms with Crippen LogP contribution in [0.25, 0.3) is 0 Å². The maximum absolute atomic E-state index is 14.1. The second-order valence-corrected chi connectivity index (χ2v) is 9.31. The van der Waals surface area contributed by atoms with E-state index in [1.807, 2.05) is 36.4 Å². The first-order valence-corrected chi connectivity index (χ1v) is 10.8. The van der Waals surface area contributed by atoms with Crippen molar-refractivity contribution in [2.24, 2.45) is 5.41 Å². The van der Waals surface area contributed by atoms with E-state index < -0.39 is 5.79 Å². The molecule has 2 aromatic rings. The molecule has 5 rings (SSSR count). The molecule has 6 nitrogen and oxygen atoms in total. The highest BCUT2D eigenvalue weighted by Gasteiger charge is 2.57. The van der Waals surface area contributed by atoms with Crippen LogP contribution in [-0.2, 0) is 20.1 Å². The molecule has 3 aliphatic rings. The van der Waals surface area contributed by atoms with Gasteiger partial charge in [-0.1, -0.05) is 44.2 Å². The third-order valence-electron chi connectivity index (χ3n) is 6.32. The number of anilines is 2. The van der Waals surface area contributed by atoms with E-state index >= 15 is 0 Å². The SMILES string of the molecule is CC1(C)COC2(OC1)C(=O)N(CN1CCN(c3ccccc3F)CC1)c1ccccc12. The van der Waals surface area contributed by atoms with Gasteiger partial charge in [0.25, 0.3) is 11.7 Å². The first kappa shape index (κ1) is 20.4. The number of para-hydroxylation sites is 2. The Morgan fingerprint density at radius 3 is 2.19 bits per heavy atom. The van der Waals surface area contributed by atoms with E-state index in [4.69, 9.17) is 9.47 Å². The average molecular weight is 426 g/mol. The Hall–Kier alpha value is -2.48. The van der Waals surface area contributed by atoms with Crippen LogP contribution in [0.1, 0.15) is 19.4 Å². The average Bonchev–Trinajstić information content (AvgIpc) is 3.00. The minimum Gasteiger partial charge on any atom is -0.367 e. The molecule has 0 radical (unpaired) electrons. The van der Waals surface area contributed by atoms with Crippen LogP contribution in [0.15, 0.2) is 48.5 Å². The molecule has 0 N–H and O–H groups in total. The molecular weight excluding hydrogens is 397 g/mol. The summed E-state index contributed by atoms with van der Waals surface area (Å²) in [6.07, 6.45) is 0. The third kappa shape index (κ3) is 3.50. The molecule has 0 saturated carbocycles. The van der Waals surface area contributed by atoms with Gasteiger partial charge in [-0.3, -0.25) is 14.6 Å². The Morgan fingerprint density at radius 1 is 0.903 bits per heavy atom. The van der Waals surface area contributed by atoms with Crippen molar-refractivity contribution in [1.82, 2.24) is 4.90 Å². The minimum atomic E-state index is -1.35. The summed E-state index contributed by atoms with van der Waals surface area (Å²) < 4.78 is 26.3. The van der Waals surface area contributed by atoms with Crippen LogP contribution in [0.5, 0.6) is 0 Å². The lowest BCUT2D eigenvalue weighted by Crippen LogP contribution is -2.55. The lowest BCUT2D eigenvalue weighted by atomic mass is 9.93. The number of carbonyl (C=O) groups is 1. The van der Waals surface area contributed by atoms with Crippen LogP contribution >= 0.6 is 0 Å². The molecular formula is C24H28FN3O3. The predicted octanol–water partition coefficient (Wildman–Crippen LogP) is 3.18. The van der Waals surface area contributed by atoms with Crippen LogP contribution in [0.3, 0.4) is 0 Å². The molecule has 7 heteroatoms. The Kier molecular flexibility index (Phi) is 5.00. The first-order chi connectivity index (χ1) is 14.9. The molecule has 3 heterocycles. The smallest absolute Gasteiger partial charge is 0.293 e. The van der Waals surface area contributed by atoms with E-state index in [0.717, 1.165) is 24.3 Å². The van der Waals surface area contributed by atoms with Gasteiger partial charge in [0.05, 0.1) is 31.3 Å². The van der Waals surface area contributed by atoms with Gasteiger partial charge in [-0.25, -0.2) is 4.39 Å². The van der Waals surface area contributed by atoms with Crippen molar-refractivity contribution >= 4 is 17.3 Å². The molecule has 31 heavy (non-hydrogen) atoms. The molecule has 2 fully saturated rings. The molecule has 1 amide bonds. The maximum Gasteiger partial charge on any atom is 0.293 e. The predicted molar refractivity (Wildman–Crippen MR) is 116 cm³/mol. The zero-order valence-corrected chi connectivity index (χ0v) is 18.0. The lowest BCUT2D eigenvalue weighted by molar-refractivity contribution is -0.286. The monoisotopic (exact) mass is 425 g/mol. The summed E-state index contributed by atoms with van der Waals surface area (Å²) >= 11 is 0. The zero-order chi connectivity index (χ0) is 21.6. The van der Waals surface area contributed by atoms with E-state index in [2.05, 4.69) is 23.6 Å². The van der Waals surface area contributed by atoms with Crippen molar-refractivity contribution in [2.75, 3.05) is 55.9 Å². The van der Waals surface area contributed by atoms with Gasteiger partial charge in [0.2, 0.25) is 0 Å². The van der Waals surface area contributed by atoms with Crippen LogP contribution < -0.4 is 9.80 Å². The topological polar surface area (TPSA) is 45.3 Å². The van der Waals surface area contributed by atoms with E-state index in [1.165, 1.54) is 6.07 Å². The number of amides is 1. The number of hydrogen-bond acceptors (Lipinski definition) is 5. The van der Waals surface area contributed by atoms with Crippen LogP contribution in [0, 0.1) is 11.2 Å². The Bertz CT molecular complexity index is 978. The fourth-order valence-corrected chi connectivity index (χ4v) is 4.52. The Labute approximate surface area is 182 Å². The number of nitrogens with zero attached hydrogens (tertiary/aromatic N) is 3. The van der Waals surface area contributed by atoms with Crippen molar-refractivity contribution in [3.63, 3.8) is 0 Å². The van der Waals surface area contributed by atoms with Gasteiger partial charge in [0.15, 0.2) is 0 Å². The van der Waals surface area contributed by atoms with Crippen molar-refractivity contribution in [3.8, 4) is 0 Å². The van der Waals surface area contributed by atoms with Gasteiger partial charge >= 0.3 is 0 Å². The van der Waals surface area contributed by atoms with Crippen molar-refractivity contribution < 1.29 is 18.7 Å². The molecule has 2 saturated heterocycles. The van der Waals surface area contributed by atoms with Gasteiger partial charge in [0, 0.05) is 37.2 Å². The van der Waals surface area contributed by atoms with Gasteiger partial charge in [-0.05, 0) is 18.2 Å². The highest BCUT2D eigenvalue weighted by atomic mass is 19.1. The van der Waals surface area contributed by atoms with Gasteiger partial charge in [0.1, 0.15) is 5.82 Å². The largest absolute Gasteiger partial charge is 0.367 e. The number of hydrogen-bond donors (Lipinski definition) is 0. The maximum atomic E-state index is 14.1. The highest BCUT2D eigenvalue weighted by Crippen LogP contribution is 2.47. The van der Waals surface area contributed by atoms with Gasteiger partial charge < -0.3 is 14.4 Å². The molecule has 3 aliphatic heterocycles. The van der Waals surface area contributed by atoms with E-state index in [-0.39, 0.29) is 17.1 Å². The quantitative estimate of drug-likeness (QED) is 0.756. The number of halogens is 1. The second kappa shape index (κ2) is 7.58. The fraction of sp³-hybridized carbons (Fsp3) is 0.458. The molecule has 0 aromatic heterocycles. The zero-order valence-electron chi connectivity index (χ0n) is 18.0. The summed E-state index contributed by atoms with van der Waals surface area (Å²) in [5.41, 5.74) is 2.12. The molecule has 164 valence electrons. The normalized spacial score (nSPS) is 22.7. The number of ether oxygens (including phenoxy) is 2. The van der Waals surface area contributed by atoms with Gasteiger partial charge in [-0.15, -0.1) is 0 Å². The number of carbonyl (C=O) groups excluding carboxylic acids is 1. The van der Waals surface area contributed by atoms with Crippen LogP contribution in [0.4, 0.5) is 15.8 Å². The van der Waals surface area contributed by atoms with Gasteiger partial charge in [-0.2, -0.15) is 0 Å². The summed E-state index contributed by atoms with van der Waals surface area (Å²) in [7, 11) is 0. The highest BCUT2D eigenvalue weighted by molar-refractivity contribution is 6.06. The summed E-state index contributed by atoms with van der Waals surface area (Å²) in [5, 5.41) is 0. The van der Waals surface area contributed by atoms with E-state index in [9.17, 15) is 9.18 Å². The van der Waals surface area contributed by atoms with E-state index in [0.29, 0.717) is 38.7 Å². The van der Waals surface area contributed by atoms with Crippen molar-refractivity contribution in [2.45, 2.75) is 19.6 Å². The standard InChI is InChI=1S/C24H28FN3O3/c1-23(2)15-30-24(31-16-23)18-7-3-5-9-20(18)28(22(24)29)17-26-11-13-27(14-12-26)21-10-6-4-8-19(21)25/h3-10H,11-17H2,1-2H3. The summed E-state index contributed by atoms with van der Waals surface area (Å²) in [4.78, 5) is 19.6. The lowest BCUT2D eigenvalue weighted by Gasteiger charge is -2.41. The summed E-state index contributed by atoms with van der Waals surface area (Å²) in [6, 6.07) is 14.6. The molecule has 0 atom stereocenters. The minimum absolute atomic E-state index is 0.128. The third-order valence-corrected chi connectivity index (χ3v) is 6.32. The van der Waals surface area contributed by atoms with Crippen molar-refractivity contribution in [1.29, 1.82) is 0 Å². The number of fused-ring (bicyclic) bond motifs is 2. The number of piperazine rings is 1. The molecule has 0 bridgehead atoms. The Morgan fingerprint density at radius 2 is 1.52 bits per heavy atom. The molecule has 0 unspecified atom stereocenters. The van der Waals surface area contributed by atoms with E-state index in [1.54, 1.807) is 11.0 Å². The summed E-state index contributed by atoms with van der Waals surface area (Å²) in [6.45, 7) is 8.40. The second-order valence-electron chi connectivity index (χ2n) is 9.31. The fourth-order valence-electron chi connectivity index (χ4n) is 4.52. The van der Waals surface area contributed by atoms with Crippen molar-refractivity contribution in [3.05, 3.63) is 59.9 Å². The molecule has 2 aromatic carbocycles. The summed E-state index contributed by atoms with van der Waals surface area (Å²) in [5.74, 6) is -1.71. The molecule has 1 spiro atoms. The number of rotatable bonds is 3.